The van der Waals surface area contributed by atoms with Crippen molar-refractivity contribution in [1.82, 2.24) is 5.16 Å². The van der Waals surface area contributed by atoms with Crippen molar-refractivity contribution in [1.29, 1.82) is 0 Å². The number of aryl methyl sites for hydroxylation is 3. The maximum Gasteiger partial charge on any atom is 0.278 e. The molecule has 26 heavy (non-hydrogen) atoms. The number of benzene rings is 2. The molecule has 0 aliphatic heterocycles. The largest absolute Gasteiger partial charge is 0.489 e. The molecule has 1 N–H and O–H groups in total. The van der Waals surface area contributed by atoms with Gasteiger partial charge in [-0.2, -0.15) is 0 Å². The van der Waals surface area contributed by atoms with E-state index in [9.17, 15) is 9.18 Å². The number of halogens is 1. The first kappa shape index (κ1) is 17.7. The molecule has 0 atom stereocenters. The molecule has 0 saturated heterocycles. The lowest BCUT2D eigenvalue weighted by molar-refractivity contribution is 0.101. The molecule has 0 radical (unpaired) electrons. The fourth-order valence-corrected chi connectivity index (χ4v) is 2.59. The highest BCUT2D eigenvalue weighted by Gasteiger charge is 2.21. The maximum atomic E-state index is 13.3. The Kier molecular flexibility index (Phi) is 5.02. The Bertz CT molecular complexity index is 950. The fourth-order valence-electron chi connectivity index (χ4n) is 2.59. The molecule has 2 aromatic carbocycles. The Labute approximate surface area is 150 Å². The summed E-state index contributed by atoms with van der Waals surface area (Å²) in [5, 5.41) is 6.69. The van der Waals surface area contributed by atoms with E-state index in [0.717, 1.165) is 11.1 Å². The molecule has 0 aliphatic rings. The number of carbonyl (C=O) groups is 1. The van der Waals surface area contributed by atoms with E-state index in [1.165, 1.54) is 12.1 Å². The van der Waals surface area contributed by atoms with E-state index < -0.39 is 5.82 Å². The van der Waals surface area contributed by atoms with Gasteiger partial charge >= 0.3 is 0 Å². The summed E-state index contributed by atoms with van der Waals surface area (Å²) in [5.74, 6) is 0.0718. The van der Waals surface area contributed by atoms with Crippen LogP contribution in [0.15, 0.2) is 47.0 Å². The van der Waals surface area contributed by atoms with Crippen molar-refractivity contribution in [3.63, 3.8) is 0 Å². The number of amides is 1. The number of anilines is 1. The van der Waals surface area contributed by atoms with Crippen molar-refractivity contribution in [3.05, 3.63) is 76.4 Å². The monoisotopic (exact) mass is 354 g/mol. The molecule has 134 valence electrons. The third-order valence-electron chi connectivity index (χ3n) is 4.01. The Balaban J connectivity index is 1.77. The van der Waals surface area contributed by atoms with Crippen molar-refractivity contribution in [3.8, 4) is 5.75 Å². The van der Waals surface area contributed by atoms with Gasteiger partial charge in [-0.3, -0.25) is 4.79 Å². The van der Waals surface area contributed by atoms with Crippen molar-refractivity contribution < 1.29 is 18.4 Å². The van der Waals surface area contributed by atoms with E-state index in [-0.39, 0.29) is 18.2 Å². The zero-order chi connectivity index (χ0) is 18.7. The van der Waals surface area contributed by atoms with Crippen molar-refractivity contribution >= 4 is 11.6 Å². The minimum Gasteiger partial charge on any atom is -0.489 e. The molecule has 6 heteroatoms. The molecule has 3 aromatic rings. The highest BCUT2D eigenvalue weighted by atomic mass is 19.1. The Hall–Kier alpha value is -3.15. The quantitative estimate of drug-likeness (QED) is 0.729. The average molecular weight is 354 g/mol. The highest BCUT2D eigenvalue weighted by molar-refractivity contribution is 6.04. The van der Waals surface area contributed by atoms with Crippen LogP contribution < -0.4 is 10.1 Å². The van der Waals surface area contributed by atoms with Crippen LogP contribution in [0.4, 0.5) is 10.1 Å². The number of hydrogen-bond donors (Lipinski definition) is 1. The zero-order valence-corrected chi connectivity index (χ0v) is 14.8. The summed E-state index contributed by atoms with van der Waals surface area (Å²) >= 11 is 0. The van der Waals surface area contributed by atoms with E-state index in [1.54, 1.807) is 19.1 Å². The van der Waals surface area contributed by atoms with Crippen molar-refractivity contribution in [2.45, 2.75) is 27.4 Å². The van der Waals surface area contributed by atoms with E-state index >= 15 is 0 Å². The normalized spacial score (nSPS) is 10.6. The van der Waals surface area contributed by atoms with Gasteiger partial charge in [-0.15, -0.1) is 0 Å². The Morgan fingerprint density at radius 3 is 2.73 bits per heavy atom. The molecule has 0 aliphatic carbocycles. The van der Waals surface area contributed by atoms with Gasteiger partial charge < -0.3 is 14.6 Å². The minimum atomic E-state index is -0.391. The zero-order valence-electron chi connectivity index (χ0n) is 14.8. The summed E-state index contributed by atoms with van der Waals surface area (Å²) in [7, 11) is 0. The van der Waals surface area contributed by atoms with Crippen LogP contribution in [0, 0.1) is 26.6 Å². The third kappa shape index (κ3) is 3.91. The maximum absolute atomic E-state index is 13.3. The molecule has 1 amide bonds. The van der Waals surface area contributed by atoms with Crippen molar-refractivity contribution in [2.24, 2.45) is 0 Å². The average Bonchev–Trinajstić information content (AvgIpc) is 2.96. The van der Waals surface area contributed by atoms with Crippen LogP contribution >= 0.6 is 0 Å². The van der Waals surface area contributed by atoms with Gasteiger partial charge in [-0.1, -0.05) is 28.9 Å². The molecular weight excluding hydrogens is 335 g/mol. The lowest BCUT2D eigenvalue weighted by Crippen LogP contribution is -2.16. The Morgan fingerprint density at radius 1 is 1.19 bits per heavy atom. The summed E-state index contributed by atoms with van der Waals surface area (Å²) < 4.78 is 24.0. The number of hydrogen-bond acceptors (Lipinski definition) is 4. The topological polar surface area (TPSA) is 64.4 Å². The first-order valence-electron chi connectivity index (χ1n) is 8.16. The molecule has 0 fully saturated rings. The van der Waals surface area contributed by atoms with Crippen LogP contribution in [-0.4, -0.2) is 11.1 Å². The van der Waals surface area contributed by atoms with Gasteiger partial charge in [0.2, 0.25) is 0 Å². The lowest BCUT2D eigenvalue weighted by Gasteiger charge is -2.09. The summed E-state index contributed by atoms with van der Waals surface area (Å²) in [4.78, 5) is 12.6. The number of nitrogens with one attached hydrogen (secondary N) is 1. The minimum absolute atomic E-state index is 0.0500. The molecule has 0 unspecified atom stereocenters. The summed E-state index contributed by atoms with van der Waals surface area (Å²) in [5.41, 5.74) is 3.45. The molecule has 5 nitrogen and oxygen atoms in total. The molecule has 0 saturated carbocycles. The molecule has 3 rings (SSSR count). The molecule has 1 heterocycles. The number of carbonyl (C=O) groups excluding carboxylic acids is 1. The van der Waals surface area contributed by atoms with E-state index in [0.29, 0.717) is 22.8 Å². The Morgan fingerprint density at radius 2 is 2.00 bits per heavy atom. The van der Waals surface area contributed by atoms with Crippen LogP contribution in [-0.2, 0) is 6.61 Å². The fraction of sp³-hybridized carbons (Fsp3) is 0.200. The number of aromatic nitrogens is 1. The summed E-state index contributed by atoms with van der Waals surface area (Å²) in [6.45, 7) is 5.66. The van der Waals surface area contributed by atoms with Gasteiger partial charge in [0, 0.05) is 11.8 Å². The first-order valence-corrected chi connectivity index (χ1v) is 8.16. The van der Waals surface area contributed by atoms with Crippen LogP contribution in [0.1, 0.15) is 32.9 Å². The molecule has 0 spiro atoms. The van der Waals surface area contributed by atoms with Gasteiger partial charge in [0.25, 0.3) is 5.91 Å². The molecule has 1 aromatic heterocycles. The van der Waals surface area contributed by atoms with E-state index in [2.05, 4.69) is 10.5 Å². The van der Waals surface area contributed by atoms with Crippen molar-refractivity contribution in [2.75, 3.05) is 5.32 Å². The second-order valence-corrected chi connectivity index (χ2v) is 6.08. The van der Waals surface area contributed by atoms with Crippen LogP contribution in [0.25, 0.3) is 0 Å². The predicted octanol–water partition coefficient (Wildman–Crippen LogP) is 4.57. The van der Waals surface area contributed by atoms with Crippen LogP contribution in [0.5, 0.6) is 5.75 Å². The predicted molar refractivity (Wildman–Crippen MR) is 95.8 cm³/mol. The third-order valence-corrected chi connectivity index (χ3v) is 4.01. The van der Waals surface area contributed by atoms with Gasteiger partial charge in [-0.05, 0) is 44.5 Å². The van der Waals surface area contributed by atoms with Gasteiger partial charge in [0.05, 0.1) is 5.56 Å². The highest BCUT2D eigenvalue weighted by Crippen LogP contribution is 2.21. The molecular formula is C20H19FN2O3. The van der Waals surface area contributed by atoms with E-state index in [4.69, 9.17) is 9.26 Å². The SMILES string of the molecule is Cc1ccc(NC(=O)c2noc(C)c2COc2cccc(F)c2)c(C)c1. The first-order chi connectivity index (χ1) is 12.4. The number of rotatable bonds is 5. The standard InChI is InChI=1S/C20H19FN2O3/c1-12-7-8-18(13(2)9-12)22-20(24)19-17(14(3)26-23-19)11-25-16-6-4-5-15(21)10-16/h4-10H,11H2,1-3H3,(H,22,24). The number of nitrogens with zero attached hydrogens (tertiary/aromatic N) is 1. The van der Waals surface area contributed by atoms with E-state index in [1.807, 2.05) is 32.0 Å². The van der Waals surface area contributed by atoms with Gasteiger partial charge in [0.1, 0.15) is 23.9 Å². The van der Waals surface area contributed by atoms with Crippen LogP contribution in [0.3, 0.4) is 0 Å². The summed E-state index contributed by atoms with van der Waals surface area (Å²) in [6.07, 6.45) is 0. The summed E-state index contributed by atoms with van der Waals surface area (Å²) in [6, 6.07) is 11.6. The second-order valence-electron chi connectivity index (χ2n) is 6.08. The molecule has 0 bridgehead atoms. The van der Waals surface area contributed by atoms with Gasteiger partial charge in [-0.25, -0.2) is 4.39 Å². The second kappa shape index (κ2) is 7.39. The van der Waals surface area contributed by atoms with Crippen LogP contribution in [0.2, 0.25) is 0 Å². The van der Waals surface area contributed by atoms with Gasteiger partial charge in [0.15, 0.2) is 5.69 Å². The number of ether oxygens (including phenoxy) is 1. The lowest BCUT2D eigenvalue weighted by atomic mass is 10.1. The smallest absolute Gasteiger partial charge is 0.278 e.